The highest BCUT2D eigenvalue weighted by Gasteiger charge is 2.43. The topological polar surface area (TPSA) is 125 Å². The molecule has 3 aromatic heterocycles. The number of H-pyrrole nitrogens is 1. The number of nitrogens with one attached hydrogen (secondary N) is 2. The molecule has 3 atom stereocenters. The number of rotatable bonds is 5. The van der Waals surface area contributed by atoms with Gasteiger partial charge in [-0.2, -0.15) is 5.10 Å². The number of nitrogens with zero attached hydrogens (tertiary/aromatic N) is 4. The molecule has 3 heterocycles. The number of aromatic amines is 1. The number of fused-ring (bicyclic) bond motifs is 2. The number of alkyl halides is 2. The average molecular weight is 509 g/mol. The van der Waals surface area contributed by atoms with E-state index in [4.69, 9.17) is 21.5 Å². The summed E-state index contributed by atoms with van der Waals surface area (Å²) in [6.45, 7) is 3.05. The van der Waals surface area contributed by atoms with Crippen molar-refractivity contribution in [1.29, 1.82) is 0 Å². The molecule has 4 aromatic rings. The molecule has 9 nitrogen and oxygen atoms in total. The molecular weight excluding hydrogens is 489 g/mol. The van der Waals surface area contributed by atoms with E-state index in [1.165, 1.54) is 18.6 Å². The smallest absolute Gasteiger partial charge is 0.290 e. The van der Waals surface area contributed by atoms with E-state index in [1.807, 2.05) is 0 Å². The lowest BCUT2D eigenvalue weighted by Crippen LogP contribution is -2.15. The minimum Gasteiger partial charge on any atom is -0.483 e. The van der Waals surface area contributed by atoms with Gasteiger partial charge >= 0.3 is 0 Å². The molecule has 0 spiro atoms. The minimum absolute atomic E-state index is 0.166. The van der Waals surface area contributed by atoms with Crippen LogP contribution in [-0.2, 0) is 9.59 Å². The summed E-state index contributed by atoms with van der Waals surface area (Å²) in [6.07, 6.45) is 3.50. The Hall–Kier alpha value is -3.67. The molecule has 5 rings (SSSR count). The van der Waals surface area contributed by atoms with Crippen LogP contribution < -0.4 is 5.32 Å². The summed E-state index contributed by atoms with van der Waals surface area (Å²) in [5.41, 5.74) is 1.03. The number of aromatic nitrogens is 5. The maximum absolute atomic E-state index is 15.2. The standard InChI is InChI=1S/C21H18ClF3N6O.CH2O2/c1-8(2)18(24)16-19(25)17(22)15(10-4-27-30-20(10)16)12-6-31-7-13(28-14(31)5-26-12)29-21(32)9-3-11(9)23;2-1-3/h4-9,11,18H,3H2,1-2H3,(H,27,30)(H,29,32);1H,(H,2,3)/t9-,11+,18?;/m1./s1. The van der Waals surface area contributed by atoms with Gasteiger partial charge in [0.05, 0.1) is 40.7 Å². The van der Waals surface area contributed by atoms with Crippen molar-refractivity contribution in [2.45, 2.75) is 32.6 Å². The molecule has 1 aliphatic rings. The average Bonchev–Trinajstić information content (AvgIpc) is 3.17. The number of amides is 1. The van der Waals surface area contributed by atoms with Crippen LogP contribution in [0.4, 0.5) is 19.0 Å². The zero-order chi connectivity index (χ0) is 25.4. The number of hydrogen-bond acceptors (Lipinski definition) is 5. The van der Waals surface area contributed by atoms with Crippen LogP contribution in [-0.4, -0.2) is 48.2 Å². The number of halogens is 4. The Morgan fingerprint density at radius 3 is 2.69 bits per heavy atom. The fourth-order valence-corrected chi connectivity index (χ4v) is 4.02. The van der Waals surface area contributed by atoms with Crippen LogP contribution in [0.15, 0.2) is 24.8 Å². The Morgan fingerprint density at radius 1 is 1.37 bits per heavy atom. The lowest BCUT2D eigenvalue weighted by molar-refractivity contribution is -0.123. The second-order valence-electron chi connectivity index (χ2n) is 8.34. The molecule has 1 amide bonds. The monoisotopic (exact) mass is 508 g/mol. The fraction of sp³-hybridized carbons (Fsp3) is 0.318. The first-order valence-corrected chi connectivity index (χ1v) is 10.9. The summed E-state index contributed by atoms with van der Waals surface area (Å²) in [5.74, 6) is -2.17. The van der Waals surface area contributed by atoms with Crippen molar-refractivity contribution in [3.63, 3.8) is 0 Å². The van der Waals surface area contributed by atoms with Gasteiger partial charge in [0.2, 0.25) is 5.91 Å². The van der Waals surface area contributed by atoms with E-state index in [9.17, 15) is 13.6 Å². The molecule has 1 unspecified atom stereocenters. The van der Waals surface area contributed by atoms with Crippen LogP contribution in [0.25, 0.3) is 27.8 Å². The van der Waals surface area contributed by atoms with Crippen LogP contribution in [0.5, 0.6) is 0 Å². The van der Waals surface area contributed by atoms with Crippen LogP contribution in [0.3, 0.4) is 0 Å². The Bertz CT molecular complexity index is 1420. The predicted octanol–water partition coefficient (Wildman–Crippen LogP) is 4.73. The predicted molar refractivity (Wildman–Crippen MR) is 122 cm³/mol. The van der Waals surface area contributed by atoms with Crippen LogP contribution >= 0.6 is 11.6 Å². The second-order valence-corrected chi connectivity index (χ2v) is 8.72. The second kappa shape index (κ2) is 9.53. The molecule has 1 fully saturated rings. The van der Waals surface area contributed by atoms with E-state index >= 15 is 4.39 Å². The number of carbonyl (C=O) groups is 2. The highest BCUT2D eigenvalue weighted by Crippen LogP contribution is 2.42. The van der Waals surface area contributed by atoms with Crippen LogP contribution in [0.2, 0.25) is 5.02 Å². The van der Waals surface area contributed by atoms with Gasteiger partial charge < -0.3 is 14.8 Å². The molecule has 0 aliphatic heterocycles. The molecule has 1 aliphatic carbocycles. The fourth-order valence-electron chi connectivity index (χ4n) is 3.72. The first kappa shape index (κ1) is 24.5. The molecule has 3 N–H and O–H groups in total. The van der Waals surface area contributed by atoms with Gasteiger partial charge in [-0.15, -0.1) is 0 Å². The number of carboxylic acid groups (broad SMARTS) is 1. The molecule has 0 saturated heterocycles. The van der Waals surface area contributed by atoms with Gasteiger partial charge in [0.15, 0.2) is 17.3 Å². The summed E-state index contributed by atoms with van der Waals surface area (Å²) in [4.78, 5) is 28.9. The zero-order valence-electron chi connectivity index (χ0n) is 18.5. The molecule has 184 valence electrons. The molecule has 0 bridgehead atoms. The van der Waals surface area contributed by atoms with Crippen molar-refractivity contribution < 1.29 is 27.9 Å². The quantitative estimate of drug-likeness (QED) is 0.335. The summed E-state index contributed by atoms with van der Waals surface area (Å²) in [6, 6.07) is 0. The lowest BCUT2D eigenvalue weighted by atomic mass is 9.95. The van der Waals surface area contributed by atoms with Crippen molar-refractivity contribution in [1.82, 2.24) is 24.6 Å². The number of imidazole rings is 1. The van der Waals surface area contributed by atoms with E-state index < -0.39 is 35.9 Å². The number of carbonyl (C=O) groups excluding carboxylic acids is 1. The first-order valence-electron chi connectivity index (χ1n) is 10.5. The van der Waals surface area contributed by atoms with Crippen molar-refractivity contribution >= 4 is 46.3 Å². The van der Waals surface area contributed by atoms with Gasteiger partial charge in [0, 0.05) is 22.7 Å². The Labute approximate surface area is 201 Å². The number of hydrogen-bond donors (Lipinski definition) is 3. The lowest BCUT2D eigenvalue weighted by Gasteiger charge is -2.17. The van der Waals surface area contributed by atoms with E-state index in [0.717, 1.165) is 0 Å². The Morgan fingerprint density at radius 2 is 2.06 bits per heavy atom. The van der Waals surface area contributed by atoms with Crippen LogP contribution in [0, 0.1) is 17.7 Å². The largest absolute Gasteiger partial charge is 0.483 e. The van der Waals surface area contributed by atoms with Gasteiger partial charge in [0.25, 0.3) is 6.47 Å². The zero-order valence-corrected chi connectivity index (χ0v) is 19.2. The normalized spacial score (nSPS) is 17.8. The Kier molecular flexibility index (Phi) is 6.66. The van der Waals surface area contributed by atoms with Crippen molar-refractivity contribution in [2.24, 2.45) is 11.8 Å². The maximum atomic E-state index is 15.2. The number of anilines is 1. The third-order valence-corrected chi connectivity index (χ3v) is 5.94. The first-order chi connectivity index (χ1) is 16.7. The van der Waals surface area contributed by atoms with E-state index in [0.29, 0.717) is 16.7 Å². The highest BCUT2D eigenvalue weighted by atomic mass is 35.5. The van der Waals surface area contributed by atoms with Crippen molar-refractivity contribution in [3.05, 3.63) is 41.2 Å². The molecule has 1 saturated carbocycles. The van der Waals surface area contributed by atoms with E-state index in [1.54, 1.807) is 24.4 Å². The Balaban J connectivity index is 0.000000917. The van der Waals surface area contributed by atoms with Crippen molar-refractivity contribution in [2.75, 3.05) is 5.32 Å². The molecule has 0 radical (unpaired) electrons. The van der Waals surface area contributed by atoms with Gasteiger partial charge in [-0.1, -0.05) is 25.4 Å². The van der Waals surface area contributed by atoms with Gasteiger partial charge in [-0.05, 0) is 12.3 Å². The number of benzene rings is 1. The molecule has 13 heteroatoms. The molecule has 35 heavy (non-hydrogen) atoms. The molecule has 1 aromatic carbocycles. The van der Waals surface area contributed by atoms with Crippen LogP contribution in [0.1, 0.15) is 32.0 Å². The summed E-state index contributed by atoms with van der Waals surface area (Å²) >= 11 is 6.36. The summed E-state index contributed by atoms with van der Waals surface area (Å²) in [5, 5.41) is 16.3. The maximum Gasteiger partial charge on any atom is 0.290 e. The van der Waals surface area contributed by atoms with Gasteiger partial charge in [-0.3, -0.25) is 19.7 Å². The third-order valence-electron chi connectivity index (χ3n) is 5.59. The van der Waals surface area contributed by atoms with E-state index in [2.05, 4.69) is 25.5 Å². The minimum atomic E-state index is -1.57. The molecular formula is C22H20ClF3N6O3. The highest BCUT2D eigenvalue weighted by molar-refractivity contribution is 6.35. The van der Waals surface area contributed by atoms with Gasteiger partial charge in [-0.25, -0.2) is 18.2 Å². The van der Waals surface area contributed by atoms with Gasteiger partial charge in [0.1, 0.15) is 12.3 Å². The summed E-state index contributed by atoms with van der Waals surface area (Å²) in [7, 11) is 0. The summed E-state index contributed by atoms with van der Waals surface area (Å²) < 4.78 is 44.7. The van der Waals surface area contributed by atoms with E-state index in [-0.39, 0.29) is 40.4 Å². The van der Waals surface area contributed by atoms with Crippen molar-refractivity contribution in [3.8, 4) is 11.3 Å². The SMILES string of the molecule is CC(C)C(F)c1c(F)c(Cl)c(-c2cn3cc(NC(=O)[C@@H]4C[C@@H]4F)nc3cn2)c2cn[nH]c12.O=CO. The third kappa shape index (κ3) is 4.53.